The van der Waals surface area contributed by atoms with Crippen molar-refractivity contribution in [2.45, 2.75) is 153 Å². The number of carbonyl (C=O) groups excluding carboxylic acids is 1. The lowest BCUT2D eigenvalue weighted by Crippen LogP contribution is -2.65. The standard InChI is InChI=1S/C26H48N2O3/c1-6-21(29)18-28-22(30)25(19-23(2,3)27-24(4,5)20-25)31-26(28)16-14-12-10-8-7-9-11-13-15-17-26/h21,27,29H,6-20H2,1-5H3. The molecule has 5 heteroatoms. The molecule has 2 N–H and O–H groups in total. The predicted octanol–water partition coefficient (Wildman–Crippen LogP) is 5.30. The van der Waals surface area contributed by atoms with Gasteiger partial charge in [-0.1, -0.05) is 51.9 Å². The van der Waals surface area contributed by atoms with Gasteiger partial charge in [0.2, 0.25) is 0 Å². The number of aliphatic hydroxyl groups is 1. The van der Waals surface area contributed by atoms with E-state index in [1.165, 1.54) is 44.9 Å². The lowest BCUT2D eigenvalue weighted by molar-refractivity contribution is -0.178. The highest BCUT2D eigenvalue weighted by Gasteiger charge is 2.64. The minimum atomic E-state index is -0.789. The Kier molecular flexibility index (Phi) is 7.81. The highest BCUT2D eigenvalue weighted by atomic mass is 16.6. The van der Waals surface area contributed by atoms with Crippen molar-refractivity contribution in [2.24, 2.45) is 0 Å². The molecule has 0 aromatic heterocycles. The van der Waals surface area contributed by atoms with Gasteiger partial charge in [0.15, 0.2) is 5.60 Å². The Bertz CT molecular complexity index is 588. The minimum Gasteiger partial charge on any atom is -0.391 e. The fraction of sp³-hybridized carbons (Fsp3) is 0.962. The van der Waals surface area contributed by atoms with Gasteiger partial charge in [-0.25, -0.2) is 0 Å². The normalized spacial score (nSPS) is 29.5. The third-order valence-electron chi connectivity index (χ3n) is 7.64. The average Bonchev–Trinajstić information content (AvgIpc) is 2.84. The van der Waals surface area contributed by atoms with Gasteiger partial charge in [-0.05, 0) is 59.8 Å². The van der Waals surface area contributed by atoms with Crippen LogP contribution in [-0.2, 0) is 9.53 Å². The van der Waals surface area contributed by atoms with Crippen LogP contribution in [0.15, 0.2) is 0 Å². The summed E-state index contributed by atoms with van der Waals surface area (Å²) in [6.07, 6.45) is 14.5. The molecule has 2 aliphatic heterocycles. The third kappa shape index (κ3) is 5.83. The van der Waals surface area contributed by atoms with Crippen LogP contribution in [0.4, 0.5) is 0 Å². The predicted molar refractivity (Wildman–Crippen MR) is 126 cm³/mol. The molecule has 3 aliphatic rings. The highest BCUT2D eigenvalue weighted by Crippen LogP contribution is 2.50. The van der Waals surface area contributed by atoms with Crippen LogP contribution in [0, 0.1) is 0 Å². The van der Waals surface area contributed by atoms with Gasteiger partial charge in [0.05, 0.1) is 6.10 Å². The summed E-state index contributed by atoms with van der Waals surface area (Å²) in [6.45, 7) is 11.1. The van der Waals surface area contributed by atoms with E-state index >= 15 is 0 Å². The number of aliphatic hydroxyl groups excluding tert-OH is 1. The van der Waals surface area contributed by atoms with Crippen LogP contribution in [0.3, 0.4) is 0 Å². The molecular weight excluding hydrogens is 388 g/mol. The van der Waals surface area contributed by atoms with Crippen LogP contribution in [0.2, 0.25) is 0 Å². The number of nitrogens with zero attached hydrogens (tertiary/aromatic N) is 1. The summed E-state index contributed by atoms with van der Waals surface area (Å²) in [7, 11) is 0. The summed E-state index contributed by atoms with van der Waals surface area (Å²) in [5.41, 5.74) is -1.70. The maximum atomic E-state index is 14.1. The number of piperidine rings is 1. The molecule has 0 aromatic carbocycles. The summed E-state index contributed by atoms with van der Waals surface area (Å²) >= 11 is 0. The monoisotopic (exact) mass is 436 g/mol. The molecule has 0 bridgehead atoms. The number of ether oxygens (including phenoxy) is 1. The zero-order chi connectivity index (χ0) is 22.8. The smallest absolute Gasteiger partial charge is 0.257 e. The van der Waals surface area contributed by atoms with Gasteiger partial charge in [0, 0.05) is 30.5 Å². The average molecular weight is 437 g/mol. The summed E-state index contributed by atoms with van der Waals surface area (Å²) < 4.78 is 7.09. The topological polar surface area (TPSA) is 61.8 Å². The maximum Gasteiger partial charge on any atom is 0.257 e. The zero-order valence-electron chi connectivity index (χ0n) is 20.9. The van der Waals surface area contributed by atoms with Crippen molar-refractivity contribution in [1.82, 2.24) is 10.2 Å². The van der Waals surface area contributed by atoms with Crippen molar-refractivity contribution in [3.05, 3.63) is 0 Å². The van der Waals surface area contributed by atoms with Crippen molar-refractivity contribution in [2.75, 3.05) is 6.54 Å². The minimum absolute atomic E-state index is 0.120. The molecule has 1 unspecified atom stereocenters. The van der Waals surface area contributed by atoms with Gasteiger partial charge >= 0.3 is 0 Å². The molecule has 3 fully saturated rings. The van der Waals surface area contributed by atoms with Crippen LogP contribution < -0.4 is 5.32 Å². The first-order valence-electron chi connectivity index (χ1n) is 13.0. The number of hydrogen-bond acceptors (Lipinski definition) is 4. The number of hydrogen-bond donors (Lipinski definition) is 2. The molecule has 2 spiro atoms. The van der Waals surface area contributed by atoms with Crippen molar-refractivity contribution in [3.63, 3.8) is 0 Å². The van der Waals surface area contributed by atoms with E-state index in [9.17, 15) is 9.90 Å². The number of β-amino-alcohol motifs (C(OH)–C–C–N with tert-alkyl or cyclic N) is 1. The largest absolute Gasteiger partial charge is 0.391 e. The Morgan fingerprint density at radius 3 is 1.81 bits per heavy atom. The molecular formula is C26H48N2O3. The third-order valence-corrected chi connectivity index (χ3v) is 7.64. The molecule has 1 aliphatic carbocycles. The molecule has 1 atom stereocenters. The molecule has 0 aromatic rings. The maximum absolute atomic E-state index is 14.1. The van der Waals surface area contributed by atoms with E-state index in [2.05, 4.69) is 33.0 Å². The summed E-state index contributed by atoms with van der Waals surface area (Å²) in [4.78, 5) is 16.1. The lowest BCUT2D eigenvalue weighted by Gasteiger charge is -2.50. The first-order valence-corrected chi connectivity index (χ1v) is 13.0. The first kappa shape index (κ1) is 25.0. The van der Waals surface area contributed by atoms with E-state index in [1.807, 2.05) is 11.8 Å². The SMILES string of the molecule is CCC(O)CN1C(=O)C2(CC(C)(C)NC(C)(C)C2)OC12CCCCCCCCCCC2. The van der Waals surface area contributed by atoms with E-state index in [-0.39, 0.29) is 17.0 Å². The molecule has 31 heavy (non-hydrogen) atoms. The zero-order valence-corrected chi connectivity index (χ0v) is 20.9. The van der Waals surface area contributed by atoms with Crippen molar-refractivity contribution >= 4 is 5.91 Å². The Labute approximate surface area is 190 Å². The first-order chi connectivity index (χ1) is 14.5. The van der Waals surface area contributed by atoms with E-state index in [0.717, 1.165) is 25.7 Å². The van der Waals surface area contributed by atoms with Crippen molar-refractivity contribution in [3.8, 4) is 0 Å². The Hall–Kier alpha value is -0.650. The number of nitrogens with one attached hydrogen (secondary N) is 1. The van der Waals surface area contributed by atoms with Gasteiger partial charge in [-0.3, -0.25) is 4.79 Å². The van der Waals surface area contributed by atoms with Crippen LogP contribution in [0.1, 0.15) is 125 Å². The second-order valence-electron chi connectivity index (χ2n) is 11.9. The van der Waals surface area contributed by atoms with Gasteiger partial charge in [0.1, 0.15) is 5.72 Å². The van der Waals surface area contributed by atoms with Crippen LogP contribution >= 0.6 is 0 Å². The molecule has 3 rings (SSSR count). The highest BCUT2D eigenvalue weighted by molar-refractivity contribution is 5.88. The number of rotatable bonds is 3. The molecule has 0 radical (unpaired) electrons. The Balaban J connectivity index is 1.95. The molecule has 1 saturated carbocycles. The van der Waals surface area contributed by atoms with Gasteiger partial charge in [-0.2, -0.15) is 0 Å². The quantitative estimate of drug-likeness (QED) is 0.630. The molecule has 2 heterocycles. The lowest BCUT2D eigenvalue weighted by atomic mass is 9.72. The number of amides is 1. The summed E-state index contributed by atoms with van der Waals surface area (Å²) in [5.74, 6) is 0.120. The van der Waals surface area contributed by atoms with E-state index in [1.54, 1.807) is 0 Å². The molecule has 1 amide bonds. The molecule has 5 nitrogen and oxygen atoms in total. The van der Waals surface area contributed by atoms with Crippen LogP contribution in [0.5, 0.6) is 0 Å². The number of carbonyl (C=O) groups is 1. The van der Waals surface area contributed by atoms with E-state index < -0.39 is 17.4 Å². The Morgan fingerprint density at radius 1 is 0.903 bits per heavy atom. The van der Waals surface area contributed by atoms with E-state index in [0.29, 0.717) is 25.8 Å². The second kappa shape index (κ2) is 9.69. The van der Waals surface area contributed by atoms with Crippen LogP contribution in [-0.4, -0.2) is 51.0 Å². The van der Waals surface area contributed by atoms with E-state index in [4.69, 9.17) is 4.74 Å². The Morgan fingerprint density at radius 2 is 1.35 bits per heavy atom. The fourth-order valence-electron chi connectivity index (χ4n) is 6.74. The van der Waals surface area contributed by atoms with Crippen molar-refractivity contribution < 1.29 is 14.6 Å². The summed E-state index contributed by atoms with van der Waals surface area (Å²) in [5, 5.41) is 14.3. The van der Waals surface area contributed by atoms with Crippen molar-refractivity contribution in [1.29, 1.82) is 0 Å². The summed E-state index contributed by atoms with van der Waals surface area (Å²) in [6, 6.07) is 0. The fourth-order valence-corrected chi connectivity index (χ4v) is 6.74. The molecule has 2 saturated heterocycles. The van der Waals surface area contributed by atoms with Crippen LogP contribution in [0.25, 0.3) is 0 Å². The molecule has 180 valence electrons. The van der Waals surface area contributed by atoms with Gasteiger partial charge in [0.25, 0.3) is 5.91 Å². The van der Waals surface area contributed by atoms with Gasteiger partial charge < -0.3 is 20.1 Å². The second-order valence-corrected chi connectivity index (χ2v) is 11.9. The van der Waals surface area contributed by atoms with Gasteiger partial charge in [-0.15, -0.1) is 0 Å².